The van der Waals surface area contributed by atoms with Crippen LogP contribution in [0.2, 0.25) is 0 Å². The molecule has 1 N–H and O–H groups in total. The van der Waals surface area contributed by atoms with Gasteiger partial charge in [0.1, 0.15) is 0 Å². The van der Waals surface area contributed by atoms with Crippen LogP contribution in [0.3, 0.4) is 0 Å². The van der Waals surface area contributed by atoms with E-state index in [0.29, 0.717) is 5.71 Å². The normalized spacial score (nSPS) is 12.3. The topological polar surface area (TPSA) is 41.5 Å². The molecule has 0 aliphatic rings. The smallest absolute Gasteiger partial charge is 0.267 e. The van der Waals surface area contributed by atoms with Crippen molar-refractivity contribution in [3.8, 4) is 0 Å². The second-order valence-electron chi connectivity index (χ2n) is 4.19. The number of carbonyl (C=O) groups excluding carboxylic acids is 1. The Morgan fingerprint density at radius 2 is 1.86 bits per heavy atom. The van der Waals surface area contributed by atoms with Crippen LogP contribution in [-0.4, -0.2) is 11.6 Å². The number of hydrazone groups is 1. The molecule has 1 amide bonds. The van der Waals surface area contributed by atoms with Gasteiger partial charge in [0, 0.05) is 10.4 Å². The maximum Gasteiger partial charge on any atom is 0.416 e. The number of alkyl halides is 3. The Morgan fingerprint density at radius 1 is 1.19 bits per heavy atom. The Balaban J connectivity index is 2.06. The van der Waals surface area contributed by atoms with Gasteiger partial charge in [0.05, 0.1) is 11.3 Å². The summed E-state index contributed by atoms with van der Waals surface area (Å²) in [6.45, 7) is 1.73. The fourth-order valence-corrected chi connectivity index (χ4v) is 2.23. The maximum atomic E-state index is 12.4. The Morgan fingerprint density at radius 3 is 2.38 bits per heavy atom. The summed E-state index contributed by atoms with van der Waals surface area (Å²) in [5, 5.41) is 5.80. The first kappa shape index (κ1) is 15.2. The number of hydrogen-bond donors (Lipinski definition) is 1. The number of hydrogen-bond acceptors (Lipinski definition) is 3. The Labute approximate surface area is 123 Å². The molecule has 0 spiro atoms. The highest BCUT2D eigenvalue weighted by atomic mass is 32.1. The lowest BCUT2D eigenvalue weighted by Crippen LogP contribution is -2.19. The van der Waals surface area contributed by atoms with E-state index in [4.69, 9.17) is 0 Å². The van der Waals surface area contributed by atoms with Gasteiger partial charge in [-0.05, 0) is 42.6 Å². The number of rotatable bonds is 3. The predicted molar refractivity (Wildman–Crippen MR) is 75.4 cm³/mol. The van der Waals surface area contributed by atoms with E-state index < -0.39 is 17.6 Å². The third-order valence-corrected chi connectivity index (χ3v) is 3.66. The monoisotopic (exact) mass is 312 g/mol. The Hall–Kier alpha value is -2.15. The van der Waals surface area contributed by atoms with Gasteiger partial charge in [-0.3, -0.25) is 4.79 Å². The van der Waals surface area contributed by atoms with Crippen molar-refractivity contribution in [2.24, 2.45) is 5.10 Å². The van der Waals surface area contributed by atoms with Crippen molar-refractivity contribution in [3.05, 3.63) is 57.8 Å². The molecule has 21 heavy (non-hydrogen) atoms. The number of amides is 1. The van der Waals surface area contributed by atoms with Gasteiger partial charge in [-0.1, -0.05) is 6.07 Å². The first-order valence-electron chi connectivity index (χ1n) is 5.93. The van der Waals surface area contributed by atoms with E-state index in [1.807, 2.05) is 17.5 Å². The van der Waals surface area contributed by atoms with Crippen molar-refractivity contribution in [2.45, 2.75) is 13.1 Å². The molecule has 1 aromatic carbocycles. The molecular weight excluding hydrogens is 301 g/mol. The van der Waals surface area contributed by atoms with E-state index in [1.54, 1.807) is 6.92 Å². The summed E-state index contributed by atoms with van der Waals surface area (Å²) >= 11 is 1.48. The first-order chi connectivity index (χ1) is 9.88. The van der Waals surface area contributed by atoms with Crippen LogP contribution in [0.15, 0.2) is 46.9 Å². The van der Waals surface area contributed by atoms with Gasteiger partial charge in [0.15, 0.2) is 0 Å². The number of benzene rings is 1. The van der Waals surface area contributed by atoms with Crippen molar-refractivity contribution in [1.29, 1.82) is 0 Å². The average molecular weight is 312 g/mol. The van der Waals surface area contributed by atoms with E-state index in [0.717, 1.165) is 29.1 Å². The van der Waals surface area contributed by atoms with Gasteiger partial charge in [0.2, 0.25) is 0 Å². The molecule has 1 heterocycles. The Kier molecular flexibility index (Phi) is 4.42. The molecule has 1 aromatic heterocycles. The van der Waals surface area contributed by atoms with Crippen LogP contribution in [0.4, 0.5) is 13.2 Å². The SMILES string of the molecule is C/C(=N/NC(=O)c1ccc(C(F)(F)F)cc1)c1cccs1. The highest BCUT2D eigenvalue weighted by Crippen LogP contribution is 2.29. The van der Waals surface area contributed by atoms with Crippen molar-refractivity contribution < 1.29 is 18.0 Å². The second kappa shape index (κ2) is 6.09. The summed E-state index contributed by atoms with van der Waals surface area (Å²) in [4.78, 5) is 12.7. The lowest BCUT2D eigenvalue weighted by molar-refractivity contribution is -0.137. The molecule has 0 unspecified atom stereocenters. The van der Waals surface area contributed by atoms with Crippen LogP contribution in [0.5, 0.6) is 0 Å². The quantitative estimate of drug-likeness (QED) is 0.677. The lowest BCUT2D eigenvalue weighted by Gasteiger charge is -2.07. The molecule has 0 fully saturated rings. The van der Waals surface area contributed by atoms with E-state index >= 15 is 0 Å². The third-order valence-electron chi connectivity index (χ3n) is 2.68. The lowest BCUT2D eigenvalue weighted by atomic mass is 10.1. The number of halogens is 3. The molecule has 2 aromatic rings. The largest absolute Gasteiger partial charge is 0.416 e. The number of nitrogens with zero attached hydrogens (tertiary/aromatic N) is 1. The van der Waals surface area contributed by atoms with Crippen LogP contribution >= 0.6 is 11.3 Å². The number of carbonyl (C=O) groups is 1. The minimum atomic E-state index is -4.41. The summed E-state index contributed by atoms with van der Waals surface area (Å²) < 4.78 is 37.2. The number of nitrogens with one attached hydrogen (secondary N) is 1. The van der Waals surface area contributed by atoms with E-state index in [1.165, 1.54) is 11.3 Å². The van der Waals surface area contributed by atoms with Crippen molar-refractivity contribution in [1.82, 2.24) is 5.43 Å². The molecule has 0 saturated carbocycles. The fraction of sp³-hybridized carbons (Fsp3) is 0.143. The molecule has 110 valence electrons. The highest BCUT2D eigenvalue weighted by molar-refractivity contribution is 7.12. The maximum absolute atomic E-state index is 12.4. The van der Waals surface area contributed by atoms with Crippen LogP contribution in [-0.2, 0) is 6.18 Å². The molecule has 3 nitrogen and oxygen atoms in total. The number of thiophene rings is 1. The fourth-order valence-electron chi connectivity index (χ4n) is 1.55. The minimum Gasteiger partial charge on any atom is -0.267 e. The third kappa shape index (κ3) is 3.91. The molecule has 0 radical (unpaired) electrons. The van der Waals surface area contributed by atoms with Crippen molar-refractivity contribution in [2.75, 3.05) is 0 Å². The van der Waals surface area contributed by atoms with E-state index in [2.05, 4.69) is 10.5 Å². The minimum absolute atomic E-state index is 0.116. The Bertz CT molecular complexity index is 646. The zero-order valence-electron chi connectivity index (χ0n) is 10.9. The van der Waals surface area contributed by atoms with Crippen LogP contribution in [0.1, 0.15) is 27.7 Å². The molecular formula is C14H11F3N2OS. The van der Waals surface area contributed by atoms with Gasteiger partial charge in [0.25, 0.3) is 5.91 Å². The molecule has 0 bridgehead atoms. The van der Waals surface area contributed by atoms with Crippen molar-refractivity contribution >= 4 is 23.0 Å². The van der Waals surface area contributed by atoms with Gasteiger partial charge in [-0.25, -0.2) is 5.43 Å². The van der Waals surface area contributed by atoms with Crippen LogP contribution in [0, 0.1) is 0 Å². The summed E-state index contributed by atoms with van der Waals surface area (Å²) in [6.07, 6.45) is -4.41. The zero-order valence-corrected chi connectivity index (χ0v) is 11.8. The average Bonchev–Trinajstić information content (AvgIpc) is 2.98. The van der Waals surface area contributed by atoms with Gasteiger partial charge in [-0.2, -0.15) is 18.3 Å². The van der Waals surface area contributed by atoms with Crippen LogP contribution in [0.25, 0.3) is 0 Å². The summed E-state index contributed by atoms with van der Waals surface area (Å²) in [6, 6.07) is 7.68. The van der Waals surface area contributed by atoms with Gasteiger partial charge in [-0.15, -0.1) is 11.3 Å². The first-order valence-corrected chi connectivity index (χ1v) is 6.81. The summed E-state index contributed by atoms with van der Waals surface area (Å²) in [7, 11) is 0. The molecule has 0 aliphatic heterocycles. The second-order valence-corrected chi connectivity index (χ2v) is 5.14. The zero-order chi connectivity index (χ0) is 15.5. The van der Waals surface area contributed by atoms with Crippen molar-refractivity contribution in [3.63, 3.8) is 0 Å². The summed E-state index contributed by atoms with van der Waals surface area (Å²) in [5.74, 6) is -0.556. The van der Waals surface area contributed by atoms with Gasteiger partial charge >= 0.3 is 6.18 Å². The van der Waals surface area contributed by atoms with E-state index in [9.17, 15) is 18.0 Å². The molecule has 7 heteroatoms. The van der Waals surface area contributed by atoms with Gasteiger partial charge < -0.3 is 0 Å². The molecule has 0 saturated heterocycles. The highest BCUT2D eigenvalue weighted by Gasteiger charge is 2.30. The molecule has 0 aliphatic carbocycles. The standard InChI is InChI=1S/C14H11F3N2OS/c1-9(12-3-2-8-21-12)18-19-13(20)10-4-6-11(7-5-10)14(15,16)17/h2-8H,1H3,(H,19,20)/b18-9-. The summed E-state index contributed by atoms with van der Waals surface area (Å²) in [5.41, 5.74) is 2.27. The van der Waals surface area contributed by atoms with Crippen LogP contribution < -0.4 is 5.43 Å². The molecule has 2 rings (SSSR count). The van der Waals surface area contributed by atoms with E-state index in [-0.39, 0.29) is 5.56 Å². The molecule has 0 atom stereocenters. The predicted octanol–water partition coefficient (Wildman–Crippen LogP) is 3.92.